The molecule has 2 N–H and O–H groups in total. The van der Waals surface area contributed by atoms with Gasteiger partial charge in [-0.05, 0) is 43.3 Å². The number of aliphatic hydroxyl groups excluding tert-OH is 1. The van der Waals surface area contributed by atoms with E-state index in [-0.39, 0.29) is 5.56 Å². The number of nitrogens with one attached hydrogen (secondary N) is 1. The van der Waals surface area contributed by atoms with Crippen molar-refractivity contribution in [1.82, 2.24) is 5.32 Å². The van der Waals surface area contributed by atoms with Crippen LogP contribution in [0.1, 0.15) is 26.3 Å². The van der Waals surface area contributed by atoms with Crippen LogP contribution in [0.15, 0.2) is 48.5 Å². The predicted molar refractivity (Wildman–Crippen MR) is 75.4 cm³/mol. The smallest absolute Gasteiger partial charge is 0.253 e. The van der Waals surface area contributed by atoms with E-state index in [1.165, 1.54) is 12.1 Å². The molecule has 1 atom stereocenters. The number of halogens is 1. The third-order valence-electron chi connectivity index (χ3n) is 2.96. The lowest BCUT2D eigenvalue weighted by atomic mass is 10.1. The Kier molecular flexibility index (Phi) is 4.45. The fourth-order valence-corrected chi connectivity index (χ4v) is 1.75. The van der Waals surface area contributed by atoms with E-state index >= 15 is 0 Å². The van der Waals surface area contributed by atoms with Gasteiger partial charge in [-0.2, -0.15) is 0 Å². The highest BCUT2D eigenvalue weighted by Crippen LogP contribution is 2.07. The fourth-order valence-electron chi connectivity index (χ4n) is 1.75. The summed E-state index contributed by atoms with van der Waals surface area (Å²) in [6, 6.07) is 11.4. The van der Waals surface area contributed by atoms with E-state index in [4.69, 9.17) is 0 Å². The van der Waals surface area contributed by atoms with Gasteiger partial charge in [0.2, 0.25) is 5.78 Å². The molecular formula is C16H14FNO3. The molecule has 0 spiro atoms. The number of ketones is 1. The first-order chi connectivity index (χ1) is 9.97. The van der Waals surface area contributed by atoms with Crippen LogP contribution in [0.4, 0.5) is 4.39 Å². The maximum atomic E-state index is 12.8. The van der Waals surface area contributed by atoms with Crippen molar-refractivity contribution in [1.29, 1.82) is 0 Å². The molecule has 108 valence electrons. The molecule has 0 bridgehead atoms. The number of rotatable bonds is 4. The number of Topliss-reactive ketones (excluding diaryl/α,β-unsaturated/α-hetero) is 1. The molecule has 2 aromatic rings. The lowest BCUT2D eigenvalue weighted by molar-refractivity contribution is 0.0607. The van der Waals surface area contributed by atoms with Crippen LogP contribution in [0.3, 0.4) is 0 Å². The van der Waals surface area contributed by atoms with Crippen LogP contribution >= 0.6 is 0 Å². The minimum atomic E-state index is -1.68. The van der Waals surface area contributed by atoms with Crippen molar-refractivity contribution < 1.29 is 19.1 Å². The van der Waals surface area contributed by atoms with Crippen molar-refractivity contribution in [3.05, 3.63) is 71.0 Å². The predicted octanol–water partition coefficient (Wildman–Crippen LogP) is 2.07. The standard InChI is InChI=1S/C16H14FNO3/c1-10-2-4-12(5-3-10)15(20)18-16(21)14(19)11-6-8-13(17)9-7-11/h2-9,16,21H,1H3,(H,18,20)/t16-/m0/s1. The summed E-state index contributed by atoms with van der Waals surface area (Å²) in [5.74, 6) is -1.74. The number of hydrogen-bond donors (Lipinski definition) is 2. The molecule has 0 aliphatic heterocycles. The minimum absolute atomic E-state index is 0.119. The number of aryl methyl sites for hydroxylation is 1. The molecular weight excluding hydrogens is 273 g/mol. The van der Waals surface area contributed by atoms with Gasteiger partial charge in [-0.1, -0.05) is 17.7 Å². The third-order valence-corrected chi connectivity index (χ3v) is 2.96. The van der Waals surface area contributed by atoms with Crippen molar-refractivity contribution in [3.63, 3.8) is 0 Å². The summed E-state index contributed by atoms with van der Waals surface area (Å²) in [6.45, 7) is 1.88. The lowest BCUT2D eigenvalue weighted by Gasteiger charge is -2.12. The van der Waals surface area contributed by atoms with Crippen LogP contribution in [0.2, 0.25) is 0 Å². The van der Waals surface area contributed by atoms with Gasteiger partial charge in [0.15, 0.2) is 6.23 Å². The SMILES string of the molecule is Cc1ccc(C(=O)N[C@@H](O)C(=O)c2ccc(F)cc2)cc1. The van der Waals surface area contributed by atoms with Crippen LogP contribution < -0.4 is 5.32 Å². The summed E-state index contributed by atoms with van der Waals surface area (Å²) < 4.78 is 12.8. The van der Waals surface area contributed by atoms with E-state index in [2.05, 4.69) is 5.32 Å². The largest absolute Gasteiger partial charge is 0.367 e. The first kappa shape index (κ1) is 14.9. The topological polar surface area (TPSA) is 66.4 Å². The normalized spacial score (nSPS) is 11.8. The summed E-state index contributed by atoms with van der Waals surface area (Å²) in [5, 5.41) is 12.0. The van der Waals surface area contributed by atoms with Crippen molar-refractivity contribution in [2.45, 2.75) is 13.2 Å². The number of hydrogen-bond acceptors (Lipinski definition) is 3. The Balaban J connectivity index is 2.05. The molecule has 1 amide bonds. The van der Waals surface area contributed by atoms with E-state index in [0.717, 1.165) is 17.7 Å². The second-order valence-corrected chi connectivity index (χ2v) is 4.61. The van der Waals surface area contributed by atoms with Crippen molar-refractivity contribution in [2.24, 2.45) is 0 Å². The molecule has 0 unspecified atom stereocenters. The summed E-state index contributed by atoms with van der Waals surface area (Å²) in [7, 11) is 0. The molecule has 2 rings (SSSR count). The first-order valence-corrected chi connectivity index (χ1v) is 6.33. The van der Waals surface area contributed by atoms with Gasteiger partial charge in [0, 0.05) is 11.1 Å². The lowest BCUT2D eigenvalue weighted by Crippen LogP contribution is -2.40. The van der Waals surface area contributed by atoms with E-state index in [1.807, 2.05) is 6.92 Å². The molecule has 0 saturated carbocycles. The molecule has 0 aliphatic rings. The molecule has 0 fully saturated rings. The summed E-state index contributed by atoms with van der Waals surface area (Å²) in [6.07, 6.45) is -1.68. The summed E-state index contributed by atoms with van der Waals surface area (Å²) in [5.41, 5.74) is 1.45. The van der Waals surface area contributed by atoms with Gasteiger partial charge in [0.05, 0.1) is 0 Å². The quantitative estimate of drug-likeness (QED) is 0.668. The molecule has 0 aliphatic carbocycles. The van der Waals surface area contributed by atoms with E-state index in [1.54, 1.807) is 24.3 Å². The highest BCUT2D eigenvalue weighted by Gasteiger charge is 2.20. The number of carbonyl (C=O) groups excluding carboxylic acids is 2. The average molecular weight is 287 g/mol. The fraction of sp³-hybridized carbons (Fsp3) is 0.125. The van der Waals surface area contributed by atoms with Crippen molar-refractivity contribution in [3.8, 4) is 0 Å². The molecule has 4 nitrogen and oxygen atoms in total. The Hall–Kier alpha value is -2.53. The number of carbonyl (C=O) groups is 2. The van der Waals surface area contributed by atoms with E-state index in [9.17, 15) is 19.1 Å². The molecule has 0 saturated heterocycles. The summed E-state index contributed by atoms with van der Waals surface area (Å²) >= 11 is 0. The Labute approximate surface area is 121 Å². The zero-order valence-electron chi connectivity index (χ0n) is 11.3. The maximum Gasteiger partial charge on any atom is 0.253 e. The van der Waals surface area contributed by atoms with Crippen molar-refractivity contribution >= 4 is 11.7 Å². The van der Waals surface area contributed by atoms with E-state index < -0.39 is 23.7 Å². The molecule has 21 heavy (non-hydrogen) atoms. The molecule has 0 radical (unpaired) electrons. The number of aliphatic hydroxyl groups is 1. The zero-order valence-corrected chi connectivity index (χ0v) is 11.3. The van der Waals surface area contributed by atoms with E-state index in [0.29, 0.717) is 5.56 Å². The average Bonchev–Trinajstić information content (AvgIpc) is 2.47. The van der Waals surface area contributed by atoms with Crippen molar-refractivity contribution in [2.75, 3.05) is 0 Å². The van der Waals surface area contributed by atoms with Gasteiger partial charge >= 0.3 is 0 Å². The monoisotopic (exact) mass is 287 g/mol. The highest BCUT2D eigenvalue weighted by atomic mass is 19.1. The second kappa shape index (κ2) is 6.28. The maximum absolute atomic E-state index is 12.8. The Morgan fingerprint density at radius 1 is 1.00 bits per heavy atom. The van der Waals surface area contributed by atoms with Crippen LogP contribution in [-0.2, 0) is 0 Å². The van der Waals surface area contributed by atoms with Crippen LogP contribution in [0.5, 0.6) is 0 Å². The van der Waals surface area contributed by atoms with Crippen LogP contribution in [0, 0.1) is 12.7 Å². The Morgan fingerprint density at radius 2 is 1.52 bits per heavy atom. The Bertz CT molecular complexity index is 650. The van der Waals surface area contributed by atoms with Gasteiger partial charge < -0.3 is 10.4 Å². The van der Waals surface area contributed by atoms with Gasteiger partial charge in [-0.3, -0.25) is 9.59 Å². The summed E-state index contributed by atoms with van der Waals surface area (Å²) in [4.78, 5) is 23.8. The van der Waals surface area contributed by atoms with Gasteiger partial charge in [0.1, 0.15) is 5.82 Å². The molecule has 2 aromatic carbocycles. The zero-order chi connectivity index (χ0) is 15.4. The van der Waals surface area contributed by atoms with Gasteiger partial charge in [-0.15, -0.1) is 0 Å². The molecule has 5 heteroatoms. The molecule has 0 heterocycles. The third kappa shape index (κ3) is 3.73. The van der Waals surface area contributed by atoms with Gasteiger partial charge in [-0.25, -0.2) is 4.39 Å². The molecule has 0 aromatic heterocycles. The first-order valence-electron chi connectivity index (χ1n) is 6.33. The number of amides is 1. The number of benzene rings is 2. The van der Waals surface area contributed by atoms with Crippen LogP contribution in [-0.4, -0.2) is 23.0 Å². The van der Waals surface area contributed by atoms with Crippen LogP contribution in [0.25, 0.3) is 0 Å². The highest BCUT2D eigenvalue weighted by molar-refractivity contribution is 6.03. The minimum Gasteiger partial charge on any atom is -0.367 e. The van der Waals surface area contributed by atoms with Gasteiger partial charge in [0.25, 0.3) is 5.91 Å². The second-order valence-electron chi connectivity index (χ2n) is 4.61. The Morgan fingerprint density at radius 3 is 2.10 bits per heavy atom.